The van der Waals surface area contributed by atoms with Gasteiger partial charge < -0.3 is 10.5 Å². The van der Waals surface area contributed by atoms with Gasteiger partial charge in [-0.3, -0.25) is 0 Å². The van der Waals surface area contributed by atoms with E-state index in [9.17, 15) is 8.42 Å². The predicted octanol–water partition coefficient (Wildman–Crippen LogP) is 2.57. The van der Waals surface area contributed by atoms with Crippen molar-refractivity contribution >= 4 is 38.3 Å². The van der Waals surface area contributed by atoms with Crippen molar-refractivity contribution in [1.29, 1.82) is 0 Å². The van der Waals surface area contributed by atoms with E-state index in [2.05, 4.69) is 27.3 Å². The lowest BCUT2D eigenvalue weighted by Crippen LogP contribution is -2.19. The molecule has 0 unspecified atom stereocenters. The number of sulfonamides is 1. The molecule has 0 aromatic heterocycles. The van der Waals surface area contributed by atoms with Gasteiger partial charge in [0.25, 0.3) is 0 Å². The molecule has 0 spiro atoms. The molecule has 0 radical (unpaired) electrons. The second-order valence-corrected chi connectivity index (χ2v) is 6.96. The minimum atomic E-state index is -3.56. The minimum Gasteiger partial charge on any atom is -0.456 e. The molecule has 0 aliphatic rings. The first kappa shape index (κ1) is 15.1. The number of nitrogen functional groups attached to an aromatic ring is 1. The lowest BCUT2D eigenvalue weighted by molar-refractivity contribution is 0.479. The van der Waals surface area contributed by atoms with Crippen molar-refractivity contribution in [3.8, 4) is 11.5 Å². The van der Waals surface area contributed by atoms with Gasteiger partial charge in [-0.25, -0.2) is 13.1 Å². The standard InChI is InChI=1S/C13H13IN2O3S/c1-16-20(17,18)13-7-6-9(8-11(13)15)19-12-5-3-2-4-10(12)14/h2-8,16H,15H2,1H3. The van der Waals surface area contributed by atoms with Crippen molar-refractivity contribution in [3.63, 3.8) is 0 Å². The van der Waals surface area contributed by atoms with Gasteiger partial charge in [0.1, 0.15) is 16.4 Å². The maximum atomic E-state index is 11.7. The van der Waals surface area contributed by atoms with Crippen LogP contribution in [0.1, 0.15) is 0 Å². The fourth-order valence-corrected chi connectivity index (χ4v) is 2.93. The average Bonchev–Trinajstić information content (AvgIpc) is 2.41. The molecule has 3 N–H and O–H groups in total. The lowest BCUT2D eigenvalue weighted by Gasteiger charge is -2.10. The predicted molar refractivity (Wildman–Crippen MR) is 86.3 cm³/mol. The van der Waals surface area contributed by atoms with Crippen LogP contribution in [0, 0.1) is 3.57 Å². The summed E-state index contributed by atoms with van der Waals surface area (Å²) in [5.41, 5.74) is 5.92. The summed E-state index contributed by atoms with van der Waals surface area (Å²) < 4.78 is 32.3. The summed E-state index contributed by atoms with van der Waals surface area (Å²) in [6, 6.07) is 12.0. The molecule has 2 aromatic rings. The lowest BCUT2D eigenvalue weighted by atomic mass is 10.3. The highest BCUT2D eigenvalue weighted by atomic mass is 127. The largest absolute Gasteiger partial charge is 0.456 e. The van der Waals surface area contributed by atoms with E-state index in [0.29, 0.717) is 11.5 Å². The van der Waals surface area contributed by atoms with Crippen LogP contribution in [0.5, 0.6) is 11.5 Å². The van der Waals surface area contributed by atoms with Crippen molar-refractivity contribution in [2.45, 2.75) is 4.90 Å². The van der Waals surface area contributed by atoms with Crippen LogP contribution in [0.4, 0.5) is 5.69 Å². The summed E-state index contributed by atoms with van der Waals surface area (Å²) in [5.74, 6) is 1.18. The molecule has 20 heavy (non-hydrogen) atoms. The first-order chi connectivity index (χ1) is 9.44. The maximum Gasteiger partial charge on any atom is 0.242 e. The summed E-state index contributed by atoms with van der Waals surface area (Å²) in [4.78, 5) is 0.0371. The van der Waals surface area contributed by atoms with E-state index in [-0.39, 0.29) is 10.6 Å². The molecular weight excluding hydrogens is 391 g/mol. The summed E-state index contributed by atoms with van der Waals surface area (Å²) >= 11 is 2.16. The summed E-state index contributed by atoms with van der Waals surface area (Å²) in [7, 11) is -2.22. The smallest absolute Gasteiger partial charge is 0.242 e. The van der Waals surface area contributed by atoms with Crippen molar-refractivity contribution in [2.75, 3.05) is 12.8 Å². The Labute approximate surface area is 131 Å². The Kier molecular flexibility index (Phi) is 4.51. The van der Waals surface area contributed by atoms with Gasteiger partial charge in [-0.05, 0) is 53.9 Å². The number of anilines is 1. The molecule has 0 amide bonds. The summed E-state index contributed by atoms with van der Waals surface area (Å²) in [6.45, 7) is 0. The van der Waals surface area contributed by atoms with Crippen LogP contribution in [0.2, 0.25) is 0 Å². The Bertz CT molecular complexity index is 732. The zero-order valence-corrected chi connectivity index (χ0v) is 13.6. The molecule has 0 aliphatic carbocycles. The number of para-hydroxylation sites is 1. The Balaban J connectivity index is 2.33. The number of nitrogens with one attached hydrogen (secondary N) is 1. The minimum absolute atomic E-state index is 0.0371. The van der Waals surface area contributed by atoms with E-state index in [4.69, 9.17) is 10.5 Å². The fraction of sp³-hybridized carbons (Fsp3) is 0.0769. The highest BCUT2D eigenvalue weighted by Crippen LogP contribution is 2.29. The van der Waals surface area contributed by atoms with E-state index in [1.807, 2.05) is 24.3 Å². The number of rotatable bonds is 4. The van der Waals surface area contributed by atoms with Crippen LogP contribution in [-0.4, -0.2) is 15.5 Å². The van der Waals surface area contributed by atoms with Gasteiger partial charge in [0.05, 0.1) is 9.26 Å². The second kappa shape index (κ2) is 5.98. The number of ether oxygens (including phenoxy) is 1. The zero-order chi connectivity index (χ0) is 14.8. The van der Waals surface area contributed by atoms with E-state index >= 15 is 0 Å². The van der Waals surface area contributed by atoms with Crippen LogP contribution in [0.25, 0.3) is 0 Å². The first-order valence-electron chi connectivity index (χ1n) is 5.69. The molecule has 0 saturated carbocycles. The van der Waals surface area contributed by atoms with Crippen molar-refractivity contribution in [2.24, 2.45) is 0 Å². The first-order valence-corrected chi connectivity index (χ1v) is 8.25. The number of halogens is 1. The normalized spacial score (nSPS) is 11.3. The third-order valence-corrected chi connectivity index (χ3v) is 4.98. The monoisotopic (exact) mass is 404 g/mol. The maximum absolute atomic E-state index is 11.7. The van der Waals surface area contributed by atoms with E-state index in [1.165, 1.54) is 19.2 Å². The average molecular weight is 404 g/mol. The molecular formula is C13H13IN2O3S. The number of hydrogen-bond acceptors (Lipinski definition) is 4. The second-order valence-electron chi connectivity index (χ2n) is 3.94. The van der Waals surface area contributed by atoms with Crippen molar-refractivity contribution < 1.29 is 13.2 Å². The molecule has 0 atom stereocenters. The van der Waals surface area contributed by atoms with Gasteiger partial charge in [-0.1, -0.05) is 12.1 Å². The molecule has 2 rings (SSSR count). The molecule has 7 heteroatoms. The van der Waals surface area contributed by atoms with E-state index in [1.54, 1.807) is 6.07 Å². The third kappa shape index (κ3) is 3.22. The van der Waals surface area contributed by atoms with Gasteiger partial charge in [0.2, 0.25) is 10.0 Å². The number of nitrogens with two attached hydrogens (primary N) is 1. The van der Waals surface area contributed by atoms with Crippen LogP contribution in [0.15, 0.2) is 47.4 Å². The van der Waals surface area contributed by atoms with Gasteiger partial charge >= 0.3 is 0 Å². The summed E-state index contributed by atoms with van der Waals surface area (Å²) in [6.07, 6.45) is 0. The van der Waals surface area contributed by atoms with Gasteiger partial charge in [-0.2, -0.15) is 0 Å². The number of hydrogen-bond donors (Lipinski definition) is 2. The molecule has 106 valence electrons. The molecule has 0 bridgehead atoms. The molecule has 0 heterocycles. The third-order valence-electron chi connectivity index (χ3n) is 2.60. The topological polar surface area (TPSA) is 81.4 Å². The van der Waals surface area contributed by atoms with Gasteiger partial charge in [-0.15, -0.1) is 0 Å². The molecule has 0 aliphatic heterocycles. The summed E-state index contributed by atoms with van der Waals surface area (Å²) in [5, 5.41) is 0. The Morgan fingerprint density at radius 3 is 2.50 bits per heavy atom. The Hall–Kier alpha value is -1.32. The van der Waals surface area contributed by atoms with Crippen molar-refractivity contribution in [1.82, 2.24) is 4.72 Å². The highest BCUT2D eigenvalue weighted by Gasteiger charge is 2.15. The molecule has 0 fully saturated rings. The van der Waals surface area contributed by atoms with E-state index < -0.39 is 10.0 Å². The van der Waals surface area contributed by atoms with Crippen LogP contribution >= 0.6 is 22.6 Å². The van der Waals surface area contributed by atoms with Crippen LogP contribution < -0.4 is 15.2 Å². The fourth-order valence-electron chi connectivity index (χ4n) is 1.60. The molecule has 0 saturated heterocycles. The Morgan fingerprint density at radius 1 is 1.20 bits per heavy atom. The molecule has 5 nitrogen and oxygen atoms in total. The molecule has 2 aromatic carbocycles. The van der Waals surface area contributed by atoms with Gasteiger partial charge in [0.15, 0.2) is 0 Å². The van der Waals surface area contributed by atoms with Crippen molar-refractivity contribution in [3.05, 3.63) is 46.0 Å². The SMILES string of the molecule is CNS(=O)(=O)c1ccc(Oc2ccccc2I)cc1N. The zero-order valence-electron chi connectivity index (χ0n) is 10.6. The quantitative estimate of drug-likeness (QED) is 0.607. The van der Waals surface area contributed by atoms with Crippen LogP contribution in [0.3, 0.4) is 0 Å². The highest BCUT2D eigenvalue weighted by molar-refractivity contribution is 14.1. The van der Waals surface area contributed by atoms with Gasteiger partial charge in [0, 0.05) is 6.07 Å². The number of benzene rings is 2. The van der Waals surface area contributed by atoms with E-state index in [0.717, 1.165) is 3.57 Å². The van der Waals surface area contributed by atoms with Crippen LogP contribution in [-0.2, 0) is 10.0 Å². The Morgan fingerprint density at radius 2 is 1.90 bits per heavy atom.